The maximum atomic E-state index is 12.8. The Kier molecular flexibility index (Phi) is 5.08. The Bertz CT molecular complexity index is 929. The van der Waals surface area contributed by atoms with Gasteiger partial charge in [0.15, 0.2) is 0 Å². The Labute approximate surface area is 169 Å². The minimum absolute atomic E-state index is 0.242. The Morgan fingerprint density at radius 3 is 2.34 bits per heavy atom. The van der Waals surface area contributed by atoms with Crippen molar-refractivity contribution in [2.75, 3.05) is 19.6 Å². The number of aliphatic hydroxyl groups excluding tert-OH is 1. The number of methoxy groups -OCH3 is 1. The van der Waals surface area contributed by atoms with Crippen LogP contribution < -0.4 is 10.2 Å². The number of aliphatic hydroxyl groups is 1. The summed E-state index contributed by atoms with van der Waals surface area (Å²) in [4.78, 5) is 26.5. The minimum atomic E-state index is -0.914. The molecule has 7 nitrogen and oxygen atoms in total. The molecule has 1 saturated heterocycles. The number of benzene rings is 2. The molecule has 4 rings (SSSR count). The fourth-order valence-electron chi connectivity index (χ4n) is 3.87. The van der Waals surface area contributed by atoms with Crippen LogP contribution in [-0.2, 0) is 9.59 Å². The van der Waals surface area contributed by atoms with Crippen LogP contribution in [0.25, 0.3) is 0 Å². The molecule has 2 aliphatic rings. The first-order chi connectivity index (χ1) is 14.0. The van der Waals surface area contributed by atoms with Crippen molar-refractivity contribution in [2.45, 2.75) is 18.2 Å². The number of hydrazine groups is 1. The average molecular weight is 393 g/mol. The number of likely N-dealkylation sites (N-methyl/N-ethyl adjacent to an activating group) is 1. The zero-order valence-corrected chi connectivity index (χ0v) is 16.2. The van der Waals surface area contributed by atoms with E-state index in [1.165, 1.54) is 7.05 Å². The zero-order chi connectivity index (χ0) is 20.5. The maximum absolute atomic E-state index is 12.8. The molecule has 29 heavy (non-hydrogen) atoms. The first kappa shape index (κ1) is 19.2. The zero-order valence-electron chi connectivity index (χ0n) is 16.2. The highest BCUT2D eigenvalue weighted by molar-refractivity contribution is 6.08. The van der Waals surface area contributed by atoms with E-state index < -0.39 is 24.1 Å². The molecule has 2 aromatic carbocycles. The summed E-state index contributed by atoms with van der Waals surface area (Å²) in [7, 11) is 3.08. The number of carbonyl (C=O) groups excluding carboxylic acids is 2. The lowest BCUT2D eigenvalue weighted by atomic mass is 9.90. The quantitative estimate of drug-likeness (QED) is 0.597. The van der Waals surface area contributed by atoms with Crippen LogP contribution in [0.2, 0.25) is 0 Å². The number of imide groups is 1. The van der Waals surface area contributed by atoms with Gasteiger partial charge < -0.3 is 15.3 Å². The summed E-state index contributed by atoms with van der Waals surface area (Å²) in [5.74, 6) is -0.422. The molecule has 2 amide bonds. The molecule has 1 fully saturated rings. The highest BCUT2D eigenvalue weighted by Crippen LogP contribution is 2.35. The van der Waals surface area contributed by atoms with Gasteiger partial charge in [-0.1, -0.05) is 42.5 Å². The van der Waals surface area contributed by atoms with E-state index in [0.29, 0.717) is 11.3 Å². The third-order valence-corrected chi connectivity index (χ3v) is 5.49. The first-order valence-electron chi connectivity index (χ1n) is 9.43. The van der Waals surface area contributed by atoms with Gasteiger partial charge in [0.1, 0.15) is 11.8 Å². The van der Waals surface area contributed by atoms with E-state index in [1.807, 2.05) is 30.3 Å². The molecule has 2 heterocycles. The fourth-order valence-corrected chi connectivity index (χ4v) is 3.87. The molecule has 0 saturated carbocycles. The van der Waals surface area contributed by atoms with E-state index in [4.69, 9.17) is 4.74 Å². The van der Waals surface area contributed by atoms with Gasteiger partial charge in [0, 0.05) is 12.7 Å². The van der Waals surface area contributed by atoms with E-state index in [1.54, 1.807) is 48.5 Å². The van der Waals surface area contributed by atoms with E-state index in [-0.39, 0.29) is 11.8 Å². The Morgan fingerprint density at radius 1 is 1.00 bits per heavy atom. The van der Waals surface area contributed by atoms with E-state index >= 15 is 0 Å². The highest BCUT2D eigenvalue weighted by atomic mass is 16.5. The molecule has 0 radical (unpaired) electrons. The molecule has 4 unspecified atom stereocenters. The number of likely N-dealkylation sites (tertiary alicyclic amines) is 1. The van der Waals surface area contributed by atoms with Crippen molar-refractivity contribution in [2.24, 2.45) is 5.92 Å². The summed E-state index contributed by atoms with van der Waals surface area (Å²) in [5, 5.41) is 12.8. The van der Waals surface area contributed by atoms with Gasteiger partial charge in [-0.3, -0.25) is 14.5 Å². The summed E-state index contributed by atoms with van der Waals surface area (Å²) in [6, 6.07) is 15.3. The number of anilines is 1. The van der Waals surface area contributed by atoms with E-state index in [2.05, 4.69) is 5.43 Å². The Morgan fingerprint density at radius 2 is 1.69 bits per heavy atom. The fraction of sp³-hybridized carbons (Fsp3) is 0.273. The van der Waals surface area contributed by atoms with Crippen LogP contribution >= 0.6 is 0 Å². The summed E-state index contributed by atoms with van der Waals surface area (Å²) in [5.41, 5.74) is 4.70. The average Bonchev–Trinajstić information content (AvgIpc) is 2.98. The Balaban J connectivity index is 1.70. The molecule has 2 aliphatic heterocycles. The van der Waals surface area contributed by atoms with Crippen molar-refractivity contribution in [3.63, 3.8) is 0 Å². The van der Waals surface area contributed by atoms with Crippen molar-refractivity contribution in [1.29, 1.82) is 0 Å². The first-order valence-corrected chi connectivity index (χ1v) is 9.43. The predicted octanol–water partition coefficient (Wildman–Crippen LogP) is 1.98. The maximum Gasteiger partial charge on any atom is 0.249 e. The van der Waals surface area contributed by atoms with Gasteiger partial charge in [0.05, 0.1) is 25.2 Å². The number of hydrogen-bond acceptors (Lipinski definition) is 6. The second kappa shape index (κ2) is 7.69. The normalized spacial score (nSPS) is 25.1. The number of nitrogens with zero attached hydrogens (tertiary/aromatic N) is 2. The molecule has 2 aromatic rings. The van der Waals surface area contributed by atoms with Gasteiger partial charge in [-0.2, -0.15) is 0 Å². The number of ether oxygens (including phenoxy) is 1. The predicted molar refractivity (Wildman–Crippen MR) is 108 cm³/mol. The monoisotopic (exact) mass is 393 g/mol. The third kappa shape index (κ3) is 3.39. The molecule has 150 valence electrons. The molecule has 0 bridgehead atoms. The molecule has 4 atom stereocenters. The van der Waals surface area contributed by atoms with E-state index in [0.717, 1.165) is 10.6 Å². The summed E-state index contributed by atoms with van der Waals surface area (Å²) in [6.07, 6.45) is 2.61. The van der Waals surface area contributed by atoms with Crippen LogP contribution in [0.15, 0.2) is 66.7 Å². The molecular weight excluding hydrogens is 370 g/mol. The standard InChI is InChI=1S/C22H23N3O4/c1-24-21(27)17-12-13-18(20(26)14-8-10-16(29-2)11-9-14)25(19(17)22(24)28)23-15-6-4-3-5-7-15/h3-13,17-20,23,26H,1-2H3. The minimum Gasteiger partial charge on any atom is -0.497 e. The van der Waals surface area contributed by atoms with Crippen LogP contribution in [0.4, 0.5) is 5.69 Å². The summed E-state index contributed by atoms with van der Waals surface area (Å²) < 4.78 is 5.18. The van der Waals surface area contributed by atoms with Gasteiger partial charge in [-0.25, -0.2) is 5.01 Å². The van der Waals surface area contributed by atoms with E-state index in [9.17, 15) is 14.7 Å². The molecule has 0 aliphatic carbocycles. The van der Waals surface area contributed by atoms with Crippen molar-refractivity contribution in [3.8, 4) is 5.75 Å². The summed E-state index contributed by atoms with van der Waals surface area (Å²) in [6.45, 7) is 0. The van der Waals surface area contributed by atoms with Crippen molar-refractivity contribution < 1.29 is 19.4 Å². The number of rotatable bonds is 5. The van der Waals surface area contributed by atoms with Crippen LogP contribution in [0.5, 0.6) is 5.75 Å². The van der Waals surface area contributed by atoms with Crippen LogP contribution in [0, 0.1) is 5.92 Å². The SMILES string of the molecule is COc1ccc(C(O)C2C=CC3C(=O)N(C)C(=O)C3N2Nc2ccccc2)cc1. The van der Waals surface area contributed by atoms with Crippen LogP contribution in [0.3, 0.4) is 0 Å². The lowest BCUT2D eigenvalue weighted by Crippen LogP contribution is -2.55. The van der Waals surface area contributed by atoms with Gasteiger partial charge in [0.25, 0.3) is 0 Å². The smallest absolute Gasteiger partial charge is 0.249 e. The van der Waals surface area contributed by atoms with Crippen molar-refractivity contribution in [1.82, 2.24) is 9.91 Å². The third-order valence-electron chi connectivity index (χ3n) is 5.49. The number of amides is 2. The van der Waals surface area contributed by atoms with Crippen LogP contribution in [0.1, 0.15) is 11.7 Å². The molecule has 0 aromatic heterocycles. The highest BCUT2D eigenvalue weighted by Gasteiger charge is 2.52. The molecule has 2 N–H and O–H groups in total. The second-order valence-corrected chi connectivity index (χ2v) is 7.18. The lowest BCUT2D eigenvalue weighted by molar-refractivity contribution is -0.138. The molecular formula is C22H23N3O4. The van der Waals surface area contributed by atoms with Gasteiger partial charge in [-0.05, 0) is 29.8 Å². The summed E-state index contributed by atoms with van der Waals surface area (Å²) >= 11 is 0. The van der Waals surface area contributed by atoms with Gasteiger partial charge in [-0.15, -0.1) is 0 Å². The van der Waals surface area contributed by atoms with Crippen molar-refractivity contribution in [3.05, 3.63) is 72.3 Å². The number of para-hydroxylation sites is 1. The van der Waals surface area contributed by atoms with Gasteiger partial charge >= 0.3 is 0 Å². The molecule has 7 heteroatoms. The topological polar surface area (TPSA) is 82.1 Å². The number of nitrogens with one attached hydrogen (secondary N) is 1. The number of hydrogen-bond donors (Lipinski definition) is 2. The number of fused-ring (bicyclic) bond motifs is 1. The Hall–Kier alpha value is -3.16. The second-order valence-electron chi connectivity index (χ2n) is 7.18. The molecule has 0 spiro atoms. The lowest BCUT2D eigenvalue weighted by Gasteiger charge is -2.40. The van der Waals surface area contributed by atoms with Crippen LogP contribution in [-0.4, -0.2) is 53.1 Å². The number of carbonyl (C=O) groups is 2. The largest absolute Gasteiger partial charge is 0.497 e. The van der Waals surface area contributed by atoms with Gasteiger partial charge in [0.2, 0.25) is 11.8 Å². The van der Waals surface area contributed by atoms with Crippen molar-refractivity contribution >= 4 is 17.5 Å².